The van der Waals surface area contributed by atoms with Gasteiger partial charge in [-0.3, -0.25) is 0 Å². The normalized spacial score (nSPS) is 15.3. The van der Waals surface area contributed by atoms with E-state index in [1.807, 2.05) is 48.5 Å². The van der Waals surface area contributed by atoms with Crippen molar-refractivity contribution in [3.8, 4) is 44.5 Å². The first-order valence-corrected chi connectivity index (χ1v) is 31.4. The monoisotopic (exact) mass is 1280 g/mol. The highest BCUT2D eigenvalue weighted by Crippen LogP contribution is 2.62. The van der Waals surface area contributed by atoms with Crippen LogP contribution in [-0.2, 0) is 31.5 Å². The zero-order valence-corrected chi connectivity index (χ0v) is 55.0. The van der Waals surface area contributed by atoms with E-state index in [4.69, 9.17) is 9.47 Å². The molecular weight excluding hydrogens is 1220 g/mol. The van der Waals surface area contributed by atoms with Gasteiger partial charge in [-0.15, -0.1) is 0 Å². The average Bonchev–Trinajstić information content (AvgIpc) is 1.29. The van der Waals surface area contributed by atoms with Gasteiger partial charge in [-0.1, -0.05) is 187 Å². The highest BCUT2D eigenvalue weighted by atomic mass is 79.9. The van der Waals surface area contributed by atoms with E-state index < -0.39 is 16.6 Å². The van der Waals surface area contributed by atoms with E-state index in [0.717, 1.165) is 132 Å². The van der Waals surface area contributed by atoms with Crippen molar-refractivity contribution in [3.05, 3.63) is 282 Å². The third-order valence-electron chi connectivity index (χ3n) is 18.7. The minimum atomic E-state index is -1.13. The molecule has 0 saturated heterocycles. The minimum absolute atomic E-state index is 0.306. The number of rotatable bonds is 8. The molecule has 8 nitrogen and oxygen atoms in total. The molecule has 0 bridgehead atoms. The molecular formula is C78H70Br2N4O4. The summed E-state index contributed by atoms with van der Waals surface area (Å²) in [4.78, 5) is 36.4. The summed E-state index contributed by atoms with van der Waals surface area (Å²) in [6.45, 7) is 9.17. The lowest BCUT2D eigenvalue weighted by atomic mass is 9.60. The van der Waals surface area contributed by atoms with Crippen molar-refractivity contribution < 1.29 is 19.1 Å². The summed E-state index contributed by atoms with van der Waals surface area (Å²) in [7, 11) is 16.7. The van der Waals surface area contributed by atoms with Crippen LogP contribution >= 0.6 is 31.9 Å². The largest absolute Gasteiger partial charge is 0.441 e. The number of halogens is 2. The molecule has 88 heavy (non-hydrogen) atoms. The summed E-state index contributed by atoms with van der Waals surface area (Å²) >= 11 is 7.32. The van der Waals surface area contributed by atoms with Crippen LogP contribution in [0.5, 0.6) is 0 Å². The number of fused-ring (bicyclic) bond motifs is 12. The lowest BCUT2D eigenvalue weighted by molar-refractivity contribution is 0.0223. The fourth-order valence-corrected chi connectivity index (χ4v) is 15.0. The van der Waals surface area contributed by atoms with E-state index in [9.17, 15) is 9.59 Å². The van der Waals surface area contributed by atoms with Gasteiger partial charge in [-0.2, -0.15) is 0 Å². The van der Waals surface area contributed by atoms with Crippen LogP contribution in [0.1, 0.15) is 104 Å². The number of ether oxygens (including phenoxy) is 2. The number of hydrogen-bond acceptors (Lipinski definition) is 8. The van der Waals surface area contributed by atoms with Gasteiger partial charge in [0.15, 0.2) is 11.2 Å². The maximum atomic E-state index is 13.9. The molecule has 10 heteroatoms. The summed E-state index contributed by atoms with van der Waals surface area (Å²) in [5, 5.41) is 0. The molecule has 10 aromatic rings. The van der Waals surface area contributed by atoms with Gasteiger partial charge in [0.05, 0.1) is 11.1 Å². The van der Waals surface area contributed by atoms with E-state index in [0.29, 0.717) is 11.1 Å². The molecule has 14 rings (SSSR count). The SMILES string of the molecule is CN(C)c1cc2c(cc1-c1ccccc1)C1(OC(=O)c3cc(Br)ccc31)c1cc(-c3ccccc3)c(N(C)C)cc1C2(C)C.CN(C)c1cc2c(cc1-c1ccccc1)C1(OC(=O)c3ccc(Br)cc31)c1cc(-c3ccccc3)c(N(C)C)cc1C2(C)C. The molecule has 2 spiro atoms. The van der Waals surface area contributed by atoms with Gasteiger partial charge in [-0.05, 0) is 123 Å². The maximum Gasteiger partial charge on any atom is 0.340 e. The molecule has 0 N–H and O–H groups in total. The van der Waals surface area contributed by atoms with Crippen molar-refractivity contribution in [2.24, 2.45) is 0 Å². The van der Waals surface area contributed by atoms with E-state index in [-0.39, 0.29) is 17.4 Å². The van der Waals surface area contributed by atoms with E-state index in [2.05, 4.69) is 293 Å². The second-order valence-corrected chi connectivity index (χ2v) is 27.3. The number of benzene rings is 10. The molecule has 0 amide bonds. The van der Waals surface area contributed by atoms with Gasteiger partial charge >= 0.3 is 11.9 Å². The van der Waals surface area contributed by atoms with Crippen molar-refractivity contribution >= 4 is 66.5 Å². The van der Waals surface area contributed by atoms with Crippen LogP contribution in [0.2, 0.25) is 0 Å². The quantitative estimate of drug-likeness (QED) is 0.139. The molecule has 0 aromatic heterocycles. The number of carbonyl (C=O) groups excluding carboxylic acids is 2. The van der Waals surface area contributed by atoms with Crippen LogP contribution in [0.4, 0.5) is 22.7 Å². The Labute approximate surface area is 534 Å². The third kappa shape index (κ3) is 9.03. The lowest BCUT2D eigenvalue weighted by Gasteiger charge is -2.46. The van der Waals surface area contributed by atoms with Crippen LogP contribution in [0.15, 0.2) is 215 Å². The first kappa shape index (κ1) is 58.3. The summed E-state index contributed by atoms with van der Waals surface area (Å²) in [5.41, 5.74) is 21.8. The molecule has 440 valence electrons. The molecule has 10 aromatic carbocycles. The van der Waals surface area contributed by atoms with Crippen molar-refractivity contribution in [2.45, 2.75) is 49.7 Å². The Bertz CT molecular complexity index is 4250. The number of hydrogen-bond donors (Lipinski definition) is 0. The first-order valence-electron chi connectivity index (χ1n) is 29.8. The second-order valence-electron chi connectivity index (χ2n) is 25.5. The summed E-state index contributed by atoms with van der Waals surface area (Å²) < 4.78 is 15.3. The average molecular weight is 1290 g/mol. The Kier molecular flexibility index (Phi) is 14.3. The van der Waals surface area contributed by atoms with Gasteiger partial charge in [0, 0.05) is 155 Å². The van der Waals surface area contributed by atoms with Gasteiger partial charge in [0.25, 0.3) is 0 Å². The molecule has 4 aliphatic rings. The molecule has 2 aliphatic heterocycles. The molecule has 0 radical (unpaired) electrons. The number of carbonyl (C=O) groups is 2. The van der Waals surface area contributed by atoms with Gasteiger partial charge in [0.2, 0.25) is 0 Å². The van der Waals surface area contributed by atoms with E-state index >= 15 is 0 Å². The number of anilines is 4. The Morgan fingerprint density at radius 1 is 0.284 bits per heavy atom. The van der Waals surface area contributed by atoms with Crippen molar-refractivity contribution in [1.82, 2.24) is 0 Å². The van der Waals surface area contributed by atoms with Crippen molar-refractivity contribution in [2.75, 3.05) is 76.0 Å². The zero-order valence-electron chi connectivity index (χ0n) is 51.8. The highest BCUT2D eigenvalue weighted by Gasteiger charge is 2.58. The maximum absolute atomic E-state index is 13.9. The second kappa shape index (κ2) is 21.6. The molecule has 0 fully saturated rings. The Balaban J connectivity index is 0.000000162. The Morgan fingerprint density at radius 2 is 0.568 bits per heavy atom. The van der Waals surface area contributed by atoms with E-state index in [1.54, 1.807) is 0 Å². The molecule has 0 saturated carbocycles. The van der Waals surface area contributed by atoms with Crippen LogP contribution in [0.3, 0.4) is 0 Å². The third-order valence-corrected chi connectivity index (χ3v) is 19.7. The van der Waals surface area contributed by atoms with Gasteiger partial charge in [0.1, 0.15) is 0 Å². The van der Waals surface area contributed by atoms with Crippen molar-refractivity contribution in [3.63, 3.8) is 0 Å². The zero-order chi connectivity index (χ0) is 61.9. The van der Waals surface area contributed by atoms with Crippen LogP contribution in [0.25, 0.3) is 44.5 Å². The predicted molar refractivity (Wildman–Crippen MR) is 368 cm³/mol. The lowest BCUT2D eigenvalue weighted by Crippen LogP contribution is -2.42. The van der Waals surface area contributed by atoms with Crippen molar-refractivity contribution in [1.29, 1.82) is 0 Å². The molecule has 2 aliphatic carbocycles. The smallest absolute Gasteiger partial charge is 0.340 e. The summed E-state index contributed by atoms with van der Waals surface area (Å²) in [6.07, 6.45) is 0. The van der Waals surface area contributed by atoms with Crippen LogP contribution in [-0.4, -0.2) is 68.3 Å². The number of nitrogens with zero attached hydrogens (tertiary/aromatic N) is 4. The van der Waals surface area contributed by atoms with Gasteiger partial charge < -0.3 is 29.1 Å². The minimum Gasteiger partial charge on any atom is -0.441 e. The molecule has 0 unspecified atom stereocenters. The van der Waals surface area contributed by atoms with Crippen LogP contribution in [0, 0.1) is 0 Å². The summed E-state index contributed by atoms with van der Waals surface area (Å²) in [5.74, 6) is -0.617. The Hall–Kier alpha value is -8.70. The first-order chi connectivity index (χ1) is 42.1. The standard InChI is InChI=1S/2C39H35BrN2O2/c1-38(2)31-22-35(41(3)4)27(24-13-9-7-10-14-24)20-33(31)39(30-18-17-26(40)19-29(30)37(43)44-39)34-21-28(25-15-11-8-12-16-25)36(42(5)6)23-32(34)38;1-38(2)31-22-35(41(3)4)28(24-13-9-7-10-14-24)20-33(31)39(30-19-26(40)17-18-27(30)37(43)44-39)34-21-29(25-15-11-8-12-16-25)36(42(5)6)23-32(34)38/h2*7-23H,1-6H3. The molecule has 2 heterocycles. The molecule has 0 atom stereocenters. The van der Waals surface area contributed by atoms with E-state index in [1.165, 1.54) is 0 Å². The topological polar surface area (TPSA) is 65.6 Å². The number of esters is 2. The Morgan fingerprint density at radius 3 is 0.886 bits per heavy atom. The predicted octanol–water partition coefficient (Wildman–Crippen LogP) is 18.0. The summed E-state index contributed by atoms with van der Waals surface area (Å²) in [6, 6.07) is 72.1. The van der Waals surface area contributed by atoms with Crippen LogP contribution < -0.4 is 19.6 Å². The fraction of sp³-hybridized carbons (Fsp3) is 0.205. The van der Waals surface area contributed by atoms with Gasteiger partial charge in [-0.25, -0.2) is 9.59 Å². The fourth-order valence-electron chi connectivity index (χ4n) is 14.3. The highest BCUT2D eigenvalue weighted by molar-refractivity contribution is 9.10.